The molecule has 1 amide bonds. The molecule has 0 saturated carbocycles. The lowest BCUT2D eigenvalue weighted by molar-refractivity contribution is -0.131. The molecule has 8 heteroatoms. The van der Waals surface area contributed by atoms with Crippen LogP contribution < -0.4 is 5.32 Å². The third-order valence-electron chi connectivity index (χ3n) is 4.32. The molecule has 2 aromatic heterocycles. The van der Waals surface area contributed by atoms with Crippen LogP contribution in [0.4, 0.5) is 10.3 Å². The number of amides is 1. The maximum Gasteiger partial charge on any atom is 0.229 e. The van der Waals surface area contributed by atoms with E-state index in [4.69, 9.17) is 16.3 Å². The van der Waals surface area contributed by atoms with Crippen molar-refractivity contribution >= 4 is 34.6 Å². The molecule has 136 valence electrons. The molecule has 0 aliphatic carbocycles. The van der Waals surface area contributed by atoms with E-state index >= 15 is 0 Å². The zero-order valence-corrected chi connectivity index (χ0v) is 15.1. The van der Waals surface area contributed by atoms with Crippen molar-refractivity contribution in [1.82, 2.24) is 14.5 Å². The quantitative estimate of drug-likeness (QED) is 0.816. The number of nitrogens with one attached hydrogen (secondary N) is 1. The number of alkyl halides is 1. The lowest BCUT2D eigenvalue weighted by Crippen LogP contribution is -2.37. The fourth-order valence-corrected chi connectivity index (χ4v) is 3.36. The van der Waals surface area contributed by atoms with Crippen molar-refractivity contribution in [3.63, 3.8) is 0 Å². The molecule has 1 unspecified atom stereocenters. The number of ether oxygens (including phenoxy) is 1. The predicted octanol–water partition coefficient (Wildman–Crippen LogP) is 3.73. The number of hydrogen-bond acceptors (Lipinski definition) is 4. The fourth-order valence-electron chi connectivity index (χ4n) is 3.22. The Morgan fingerprint density at radius 3 is 3.00 bits per heavy atom. The summed E-state index contributed by atoms with van der Waals surface area (Å²) in [6.45, 7) is 3.52. The van der Waals surface area contributed by atoms with Crippen LogP contribution in [0.1, 0.15) is 39.5 Å². The number of halogens is 2. The van der Waals surface area contributed by atoms with Crippen molar-refractivity contribution in [3.05, 3.63) is 17.3 Å². The van der Waals surface area contributed by atoms with Crippen LogP contribution in [0.15, 0.2) is 12.1 Å². The third-order valence-corrected chi connectivity index (χ3v) is 4.53. The Morgan fingerprint density at radius 1 is 1.48 bits per heavy atom. The van der Waals surface area contributed by atoms with Gasteiger partial charge in [-0.25, -0.2) is 14.4 Å². The molecular weight excluding hydrogens is 347 g/mol. The summed E-state index contributed by atoms with van der Waals surface area (Å²) >= 11 is 5.91. The molecule has 0 aromatic carbocycles. The lowest BCUT2D eigenvalue weighted by Gasteiger charge is -2.35. The molecule has 1 saturated heterocycles. The number of imidazole rings is 1. The molecule has 25 heavy (non-hydrogen) atoms. The van der Waals surface area contributed by atoms with Gasteiger partial charge in [-0.15, -0.1) is 0 Å². The van der Waals surface area contributed by atoms with Gasteiger partial charge < -0.3 is 4.74 Å². The van der Waals surface area contributed by atoms with Crippen LogP contribution in [0.5, 0.6) is 0 Å². The number of hydrogen-bond donors (Lipinski definition) is 1. The van der Waals surface area contributed by atoms with E-state index in [1.165, 1.54) is 4.57 Å². The Bertz CT molecular complexity index is 777. The molecule has 1 aliphatic heterocycles. The number of rotatable bonds is 5. The minimum Gasteiger partial charge on any atom is -0.372 e. The molecule has 0 bridgehead atoms. The van der Waals surface area contributed by atoms with Crippen LogP contribution in [0.3, 0.4) is 0 Å². The summed E-state index contributed by atoms with van der Waals surface area (Å²) < 4.78 is 20.4. The number of nitrogens with zero attached hydrogens (tertiary/aromatic N) is 3. The number of anilines is 1. The van der Waals surface area contributed by atoms with Gasteiger partial charge in [-0.3, -0.25) is 14.7 Å². The van der Waals surface area contributed by atoms with E-state index in [-0.39, 0.29) is 36.5 Å². The Balaban J connectivity index is 1.75. The van der Waals surface area contributed by atoms with Crippen LogP contribution in [0, 0.1) is 0 Å². The monoisotopic (exact) mass is 368 g/mol. The van der Waals surface area contributed by atoms with Gasteiger partial charge >= 0.3 is 0 Å². The molecule has 0 spiro atoms. The summed E-state index contributed by atoms with van der Waals surface area (Å²) in [5.74, 6) is 0.0756. The van der Waals surface area contributed by atoms with E-state index in [0.717, 1.165) is 19.3 Å². The average molecular weight is 369 g/mol. The first-order chi connectivity index (χ1) is 11.9. The molecule has 1 aliphatic rings. The minimum atomic E-state index is -0.595. The van der Waals surface area contributed by atoms with Gasteiger partial charge in [0.05, 0.1) is 24.7 Å². The highest BCUT2D eigenvalue weighted by atomic mass is 35.5. The fraction of sp³-hybridized carbons (Fsp3) is 0.588. The van der Waals surface area contributed by atoms with E-state index in [9.17, 15) is 9.18 Å². The number of carbonyl (C=O) groups is 1. The highest BCUT2D eigenvalue weighted by Crippen LogP contribution is 2.29. The highest BCUT2D eigenvalue weighted by molar-refractivity contribution is 6.29. The zero-order chi connectivity index (χ0) is 18.0. The van der Waals surface area contributed by atoms with Gasteiger partial charge in [-0.2, -0.15) is 0 Å². The number of aromatic nitrogens is 3. The molecule has 1 atom stereocenters. The first kappa shape index (κ1) is 18.1. The molecule has 3 rings (SSSR count). The Morgan fingerprint density at radius 2 is 2.28 bits per heavy atom. The van der Waals surface area contributed by atoms with E-state index in [0.29, 0.717) is 16.3 Å². The number of fused-ring (bicyclic) bond motifs is 1. The van der Waals surface area contributed by atoms with Gasteiger partial charge in [-0.05, 0) is 45.2 Å². The number of aryl methyl sites for hydroxylation is 1. The third kappa shape index (κ3) is 4.27. The normalized spacial score (nSPS) is 19.9. The van der Waals surface area contributed by atoms with E-state index < -0.39 is 6.67 Å². The molecule has 3 heterocycles. The smallest absolute Gasteiger partial charge is 0.229 e. The molecule has 0 radical (unpaired) electrons. The van der Waals surface area contributed by atoms with Crippen LogP contribution in [-0.4, -0.2) is 38.8 Å². The van der Waals surface area contributed by atoms with E-state index in [1.54, 1.807) is 12.1 Å². The minimum absolute atomic E-state index is 0.0480. The van der Waals surface area contributed by atoms with E-state index in [1.807, 2.05) is 13.8 Å². The van der Waals surface area contributed by atoms with Crippen LogP contribution in [0.2, 0.25) is 5.15 Å². The lowest BCUT2D eigenvalue weighted by atomic mass is 9.94. The Kier molecular flexibility index (Phi) is 5.24. The topological polar surface area (TPSA) is 69.0 Å². The molecule has 6 nitrogen and oxygen atoms in total. The van der Waals surface area contributed by atoms with Crippen molar-refractivity contribution in [1.29, 1.82) is 0 Å². The summed E-state index contributed by atoms with van der Waals surface area (Å²) in [5, 5.41) is 3.06. The average Bonchev–Trinajstić information content (AvgIpc) is 2.84. The van der Waals surface area contributed by atoms with Gasteiger partial charge in [0.1, 0.15) is 17.3 Å². The number of carbonyl (C=O) groups excluding carboxylic acids is 1. The standard InChI is InChI=1S/C17H22ClFN4O2/c1-17(2)7-3-4-11(25-17)10-14(24)22-16-20-12-5-6-13(18)21-15(12)23(16)9-8-19/h5-6,11H,3-4,7-10H2,1-2H3,(H,20,22,24). The SMILES string of the molecule is CC1(C)CCCC(CC(=O)Nc2nc3ccc(Cl)nc3n2CCF)O1. The largest absolute Gasteiger partial charge is 0.372 e. The predicted molar refractivity (Wildman–Crippen MR) is 94.6 cm³/mol. The maximum absolute atomic E-state index is 12.9. The first-order valence-corrected chi connectivity index (χ1v) is 8.82. The summed E-state index contributed by atoms with van der Waals surface area (Å²) in [5.41, 5.74) is 0.810. The van der Waals surface area contributed by atoms with Crippen molar-refractivity contribution in [2.75, 3.05) is 12.0 Å². The van der Waals surface area contributed by atoms with Crippen LogP contribution >= 0.6 is 11.6 Å². The van der Waals surface area contributed by atoms with Crippen molar-refractivity contribution < 1.29 is 13.9 Å². The van der Waals surface area contributed by atoms with Gasteiger partial charge in [0, 0.05) is 0 Å². The summed E-state index contributed by atoms with van der Waals surface area (Å²) in [6.07, 6.45) is 3.01. The van der Waals surface area contributed by atoms with Crippen LogP contribution in [-0.2, 0) is 16.1 Å². The molecule has 1 N–H and O–H groups in total. The van der Waals surface area contributed by atoms with Gasteiger partial charge in [0.25, 0.3) is 0 Å². The summed E-state index contributed by atoms with van der Waals surface area (Å²) in [6, 6.07) is 3.31. The summed E-state index contributed by atoms with van der Waals surface area (Å²) in [4.78, 5) is 20.9. The van der Waals surface area contributed by atoms with Crippen LogP contribution in [0.25, 0.3) is 11.2 Å². The zero-order valence-electron chi connectivity index (χ0n) is 14.4. The Hall–Kier alpha value is -1.73. The van der Waals surface area contributed by atoms with E-state index in [2.05, 4.69) is 15.3 Å². The Labute approximate surface area is 150 Å². The van der Waals surface area contributed by atoms with Gasteiger partial charge in [-0.1, -0.05) is 11.6 Å². The maximum atomic E-state index is 12.9. The summed E-state index contributed by atoms with van der Waals surface area (Å²) in [7, 11) is 0. The second-order valence-electron chi connectivity index (χ2n) is 6.90. The molecule has 2 aromatic rings. The second-order valence-corrected chi connectivity index (χ2v) is 7.28. The van der Waals surface area contributed by atoms with Crippen molar-refractivity contribution in [2.24, 2.45) is 0 Å². The molecular formula is C17H22ClFN4O2. The van der Waals surface area contributed by atoms with Gasteiger partial charge in [0.15, 0.2) is 5.65 Å². The van der Waals surface area contributed by atoms with Crippen molar-refractivity contribution in [2.45, 2.75) is 57.8 Å². The molecule has 1 fully saturated rings. The van der Waals surface area contributed by atoms with Gasteiger partial charge in [0.2, 0.25) is 11.9 Å². The van der Waals surface area contributed by atoms with Crippen molar-refractivity contribution in [3.8, 4) is 0 Å². The highest BCUT2D eigenvalue weighted by Gasteiger charge is 2.30. The number of pyridine rings is 1. The first-order valence-electron chi connectivity index (χ1n) is 8.44. The second kappa shape index (κ2) is 7.25.